The maximum Gasteiger partial charge on any atom is 0.248 e. The molecule has 1 aromatic rings. The number of carbonyl (C=O) groups is 1. The topological polar surface area (TPSA) is 55.6 Å². The van der Waals surface area contributed by atoms with Crippen LogP contribution in [0.1, 0.15) is 67.3 Å². The molecule has 4 fully saturated rings. The molecule has 4 aliphatic rings. The Hall–Kier alpha value is -1.10. The van der Waals surface area contributed by atoms with Gasteiger partial charge in [0.25, 0.3) is 0 Å². The van der Waals surface area contributed by atoms with E-state index in [1.807, 2.05) is 25.3 Å². The van der Waals surface area contributed by atoms with Crippen molar-refractivity contribution >= 4 is 18.3 Å². The maximum absolute atomic E-state index is 11.7. The summed E-state index contributed by atoms with van der Waals surface area (Å²) in [6.07, 6.45) is 10.9. The molecule has 5 rings (SSSR count). The second kappa shape index (κ2) is 7.30. The van der Waals surface area contributed by atoms with E-state index >= 15 is 0 Å². The molecule has 1 amide bonds. The van der Waals surface area contributed by atoms with E-state index in [9.17, 15) is 4.79 Å². The number of rotatable bonds is 4. The minimum atomic E-state index is -0.356. The van der Waals surface area contributed by atoms with Crippen LogP contribution in [0.15, 0.2) is 24.3 Å². The van der Waals surface area contributed by atoms with Crippen molar-refractivity contribution in [3.63, 3.8) is 0 Å². The van der Waals surface area contributed by atoms with Crippen LogP contribution >= 0.6 is 12.4 Å². The van der Waals surface area contributed by atoms with Gasteiger partial charge in [0.15, 0.2) is 0 Å². The van der Waals surface area contributed by atoms with Crippen molar-refractivity contribution in [3.8, 4) is 0 Å². The van der Waals surface area contributed by atoms with E-state index in [4.69, 9.17) is 10.5 Å². The summed E-state index contributed by atoms with van der Waals surface area (Å²) < 4.78 is 6.34. The zero-order valence-corrected chi connectivity index (χ0v) is 17.7. The molecular weight excluding hydrogens is 372 g/mol. The molecule has 1 saturated heterocycles. The molecular formula is C23H33ClN2O2. The fraction of sp³-hybridized carbons (Fsp3) is 0.696. The third-order valence-electron chi connectivity index (χ3n) is 8.43. The van der Waals surface area contributed by atoms with Gasteiger partial charge < -0.3 is 10.5 Å². The number of nitrogens with two attached hydrogens (primary N) is 1. The molecule has 28 heavy (non-hydrogen) atoms. The summed E-state index contributed by atoms with van der Waals surface area (Å²) in [6, 6.07) is 8.69. The third-order valence-corrected chi connectivity index (χ3v) is 8.43. The highest BCUT2D eigenvalue weighted by atomic mass is 35.5. The molecule has 3 saturated carbocycles. The number of halogens is 1. The monoisotopic (exact) mass is 404 g/mol. The van der Waals surface area contributed by atoms with Gasteiger partial charge in [0.2, 0.25) is 5.91 Å². The molecule has 0 aromatic heterocycles. The first-order chi connectivity index (χ1) is 13.1. The first-order valence-electron chi connectivity index (χ1n) is 10.8. The molecule has 0 radical (unpaired) electrons. The third kappa shape index (κ3) is 2.91. The summed E-state index contributed by atoms with van der Waals surface area (Å²) in [6.45, 7) is 2.26. The summed E-state index contributed by atoms with van der Waals surface area (Å²) in [4.78, 5) is 14.5. The Bertz CT molecular complexity index is 726. The second-order valence-corrected chi connectivity index (χ2v) is 9.64. The van der Waals surface area contributed by atoms with Crippen molar-refractivity contribution in [1.29, 1.82) is 0 Å². The number of fused-ring (bicyclic) bond motifs is 2. The number of likely N-dealkylation sites (tertiary alicyclic amines) is 1. The quantitative estimate of drug-likeness (QED) is 0.821. The lowest BCUT2D eigenvalue weighted by molar-refractivity contribution is -0.188. The molecule has 4 nitrogen and oxygen atoms in total. The van der Waals surface area contributed by atoms with Crippen LogP contribution in [0.25, 0.3) is 0 Å². The minimum absolute atomic E-state index is 0. The summed E-state index contributed by atoms with van der Waals surface area (Å²) in [5, 5.41) is 0. The lowest BCUT2D eigenvalue weighted by Gasteiger charge is -2.62. The van der Waals surface area contributed by atoms with Crippen molar-refractivity contribution in [2.24, 2.45) is 23.0 Å². The van der Waals surface area contributed by atoms with Crippen molar-refractivity contribution < 1.29 is 9.53 Å². The molecule has 1 aromatic carbocycles. The normalized spacial score (nSPS) is 34.2. The average molecular weight is 405 g/mol. The Labute approximate surface area is 174 Å². The lowest BCUT2D eigenvalue weighted by atomic mass is 9.53. The number of primary amides is 1. The average Bonchev–Trinajstić information content (AvgIpc) is 2.58. The van der Waals surface area contributed by atoms with Gasteiger partial charge in [0.1, 0.15) is 5.60 Å². The first-order valence-corrected chi connectivity index (χ1v) is 10.8. The summed E-state index contributed by atoms with van der Waals surface area (Å²) in [7, 11) is 1.87. The standard InChI is InChI=1S/C23H32N2O2.ClH/c1-27-23(17-6-2-5-16(11-17)21(24)26)18-7-3-8-19(23)15-25(14-18)20-12-22(13-20)9-4-10-22;/h2,5-6,11,18-20H,3-4,7-10,12-15H2,1H3,(H2,24,26);1H/t18-,19+,23+;. The van der Waals surface area contributed by atoms with Crippen LogP contribution in [0.2, 0.25) is 0 Å². The van der Waals surface area contributed by atoms with Gasteiger partial charge in [-0.1, -0.05) is 25.0 Å². The number of hydrogen-bond donors (Lipinski definition) is 1. The highest BCUT2D eigenvalue weighted by Gasteiger charge is 2.57. The Morgan fingerprint density at radius 1 is 1.14 bits per heavy atom. The number of benzene rings is 1. The molecule has 1 heterocycles. The van der Waals surface area contributed by atoms with E-state index in [1.54, 1.807) is 0 Å². The number of amides is 1. The van der Waals surface area contributed by atoms with Gasteiger partial charge in [-0.3, -0.25) is 9.69 Å². The fourth-order valence-corrected chi connectivity index (χ4v) is 6.89. The maximum atomic E-state index is 11.7. The van der Waals surface area contributed by atoms with Gasteiger partial charge in [-0.25, -0.2) is 0 Å². The Kier molecular flexibility index (Phi) is 5.26. The number of ether oxygens (including phenoxy) is 1. The molecule has 154 valence electrons. The highest BCUT2D eigenvalue weighted by molar-refractivity contribution is 5.92. The minimum Gasteiger partial charge on any atom is -0.373 e. The van der Waals surface area contributed by atoms with E-state index in [0.29, 0.717) is 17.4 Å². The van der Waals surface area contributed by atoms with Crippen LogP contribution < -0.4 is 5.73 Å². The van der Waals surface area contributed by atoms with Crippen LogP contribution in [0.5, 0.6) is 0 Å². The predicted molar refractivity (Wildman–Crippen MR) is 113 cm³/mol. The number of carbonyl (C=O) groups excluding carboxylic acids is 1. The fourth-order valence-electron chi connectivity index (χ4n) is 6.89. The van der Waals surface area contributed by atoms with Crippen LogP contribution in [0, 0.1) is 17.3 Å². The SMILES string of the molecule is CO[C@@]1(c2cccc(C(N)=O)c2)[C@@H]2CCC[C@H]1CN(C1CC3(CCC3)C1)C2.Cl. The summed E-state index contributed by atoms with van der Waals surface area (Å²) in [5.41, 5.74) is 7.76. The van der Waals surface area contributed by atoms with E-state index < -0.39 is 0 Å². The van der Waals surface area contributed by atoms with Crippen molar-refractivity contribution in [2.45, 2.75) is 63.0 Å². The molecule has 0 unspecified atom stereocenters. The first kappa shape index (κ1) is 20.2. The molecule has 1 aliphatic heterocycles. The molecule has 3 aliphatic carbocycles. The Morgan fingerprint density at radius 2 is 1.82 bits per heavy atom. The van der Waals surface area contributed by atoms with E-state index in [-0.39, 0.29) is 23.9 Å². The number of hydrogen-bond acceptors (Lipinski definition) is 3. The van der Waals surface area contributed by atoms with Crippen molar-refractivity contribution in [2.75, 3.05) is 20.2 Å². The van der Waals surface area contributed by atoms with E-state index in [2.05, 4.69) is 11.0 Å². The lowest BCUT2D eigenvalue weighted by Crippen LogP contribution is -2.64. The summed E-state index contributed by atoms with van der Waals surface area (Å²) in [5.74, 6) is 0.637. The molecule has 5 heteroatoms. The summed E-state index contributed by atoms with van der Waals surface area (Å²) >= 11 is 0. The Balaban J connectivity index is 0.00000192. The van der Waals surface area contributed by atoms with Crippen molar-refractivity contribution in [1.82, 2.24) is 4.90 Å². The van der Waals surface area contributed by atoms with Gasteiger partial charge in [-0.15, -0.1) is 12.4 Å². The van der Waals surface area contributed by atoms with Crippen LogP contribution in [0.4, 0.5) is 0 Å². The predicted octanol–water partition coefficient (Wildman–Crippen LogP) is 4.11. The van der Waals surface area contributed by atoms with E-state index in [1.165, 1.54) is 51.4 Å². The van der Waals surface area contributed by atoms with Crippen LogP contribution in [-0.2, 0) is 10.3 Å². The smallest absolute Gasteiger partial charge is 0.248 e. The largest absolute Gasteiger partial charge is 0.373 e. The van der Waals surface area contributed by atoms with Gasteiger partial charge in [-0.05, 0) is 61.6 Å². The van der Waals surface area contributed by atoms with Gasteiger partial charge in [0.05, 0.1) is 0 Å². The zero-order valence-electron chi connectivity index (χ0n) is 16.9. The zero-order chi connectivity index (χ0) is 18.6. The van der Waals surface area contributed by atoms with Gasteiger partial charge >= 0.3 is 0 Å². The van der Waals surface area contributed by atoms with Gasteiger partial charge in [-0.2, -0.15) is 0 Å². The number of nitrogens with zero attached hydrogens (tertiary/aromatic N) is 1. The second-order valence-electron chi connectivity index (χ2n) is 9.64. The molecule has 3 atom stereocenters. The highest BCUT2D eigenvalue weighted by Crippen LogP contribution is 2.59. The molecule has 1 spiro atoms. The number of methoxy groups -OCH3 is 1. The van der Waals surface area contributed by atoms with Crippen LogP contribution in [0.3, 0.4) is 0 Å². The molecule has 2 bridgehead atoms. The number of piperidine rings is 1. The van der Waals surface area contributed by atoms with Crippen molar-refractivity contribution in [3.05, 3.63) is 35.4 Å². The molecule has 2 N–H and O–H groups in total. The van der Waals surface area contributed by atoms with Gasteiger partial charge in [0, 0.05) is 43.6 Å². The van der Waals surface area contributed by atoms with E-state index in [0.717, 1.165) is 30.1 Å². The van der Waals surface area contributed by atoms with Crippen LogP contribution in [-0.4, -0.2) is 37.0 Å². The Morgan fingerprint density at radius 3 is 2.36 bits per heavy atom.